The lowest BCUT2D eigenvalue weighted by Crippen LogP contribution is -2.25. The lowest BCUT2D eigenvalue weighted by molar-refractivity contribution is 0.303. The predicted molar refractivity (Wildman–Crippen MR) is 79.3 cm³/mol. The van der Waals surface area contributed by atoms with E-state index in [1.54, 1.807) is 0 Å². The van der Waals surface area contributed by atoms with Crippen LogP contribution < -0.4 is 5.32 Å². The van der Waals surface area contributed by atoms with Crippen molar-refractivity contribution in [1.29, 1.82) is 5.26 Å². The Morgan fingerprint density at radius 3 is 2.58 bits per heavy atom. The summed E-state index contributed by atoms with van der Waals surface area (Å²) in [7, 11) is 0. The van der Waals surface area contributed by atoms with Gasteiger partial charge in [-0.2, -0.15) is 5.26 Å². The molecule has 0 unspecified atom stereocenters. The van der Waals surface area contributed by atoms with Crippen LogP contribution in [-0.4, -0.2) is 36.1 Å². The van der Waals surface area contributed by atoms with E-state index in [0.717, 1.165) is 49.7 Å². The minimum absolute atomic E-state index is 0.661. The number of nitrogens with zero attached hydrogens (tertiary/aromatic N) is 3. The molecular weight excluding hydrogens is 236 g/mol. The van der Waals surface area contributed by atoms with Crippen molar-refractivity contribution in [2.75, 3.05) is 31.5 Å². The fourth-order valence-corrected chi connectivity index (χ4v) is 2.16. The largest absolute Gasteiger partial charge is 0.369 e. The number of aryl methyl sites for hydroxylation is 2. The first-order chi connectivity index (χ1) is 9.12. The van der Waals surface area contributed by atoms with Gasteiger partial charge in [0.1, 0.15) is 11.9 Å². The zero-order chi connectivity index (χ0) is 14.3. The monoisotopic (exact) mass is 260 g/mol. The zero-order valence-corrected chi connectivity index (χ0v) is 12.5. The number of hydrogen-bond acceptors (Lipinski definition) is 4. The Morgan fingerprint density at radius 1 is 1.32 bits per heavy atom. The van der Waals surface area contributed by atoms with Crippen LogP contribution in [0.1, 0.15) is 37.1 Å². The third-order valence-electron chi connectivity index (χ3n) is 3.29. The molecule has 0 aliphatic heterocycles. The fourth-order valence-electron chi connectivity index (χ4n) is 2.16. The second-order valence-electron chi connectivity index (χ2n) is 4.72. The number of hydrogen-bond donors (Lipinski definition) is 1. The lowest BCUT2D eigenvalue weighted by atomic mass is 10.1. The molecule has 4 nitrogen and oxygen atoms in total. The van der Waals surface area contributed by atoms with Crippen molar-refractivity contribution >= 4 is 5.82 Å². The van der Waals surface area contributed by atoms with Gasteiger partial charge in [-0.15, -0.1) is 0 Å². The molecule has 0 aromatic carbocycles. The van der Waals surface area contributed by atoms with E-state index in [0.29, 0.717) is 5.56 Å². The SMILES string of the molecule is CCN(CC)CCCNc1nc(C)cc(C)c1C#N. The number of pyridine rings is 1. The maximum absolute atomic E-state index is 9.17. The summed E-state index contributed by atoms with van der Waals surface area (Å²) >= 11 is 0. The van der Waals surface area contributed by atoms with Crippen LogP contribution in [0.3, 0.4) is 0 Å². The summed E-state index contributed by atoms with van der Waals surface area (Å²) in [6, 6.07) is 4.17. The molecule has 1 heterocycles. The van der Waals surface area contributed by atoms with Crippen LogP contribution in [0.15, 0.2) is 6.07 Å². The van der Waals surface area contributed by atoms with Crippen molar-refractivity contribution in [3.8, 4) is 6.07 Å². The molecule has 0 amide bonds. The number of aromatic nitrogens is 1. The van der Waals surface area contributed by atoms with E-state index in [9.17, 15) is 5.26 Å². The van der Waals surface area contributed by atoms with Gasteiger partial charge in [-0.25, -0.2) is 4.98 Å². The van der Waals surface area contributed by atoms with Crippen molar-refractivity contribution in [2.45, 2.75) is 34.1 Å². The summed E-state index contributed by atoms with van der Waals surface area (Å²) in [6.45, 7) is 12.4. The normalized spacial score (nSPS) is 10.5. The van der Waals surface area contributed by atoms with Gasteiger partial charge in [-0.3, -0.25) is 0 Å². The first kappa shape index (κ1) is 15.5. The van der Waals surface area contributed by atoms with E-state index in [1.165, 1.54) is 0 Å². The van der Waals surface area contributed by atoms with Crippen molar-refractivity contribution in [2.24, 2.45) is 0 Å². The minimum atomic E-state index is 0.661. The molecule has 0 saturated heterocycles. The molecule has 0 spiro atoms. The number of nitrogens with one attached hydrogen (secondary N) is 1. The van der Waals surface area contributed by atoms with Gasteiger partial charge in [0.05, 0.1) is 5.56 Å². The Hall–Kier alpha value is -1.60. The van der Waals surface area contributed by atoms with Crippen LogP contribution in [0.4, 0.5) is 5.82 Å². The van der Waals surface area contributed by atoms with E-state index < -0.39 is 0 Å². The number of anilines is 1. The smallest absolute Gasteiger partial charge is 0.144 e. The lowest BCUT2D eigenvalue weighted by Gasteiger charge is -2.18. The van der Waals surface area contributed by atoms with Gasteiger partial charge >= 0.3 is 0 Å². The van der Waals surface area contributed by atoms with E-state index in [1.807, 2.05) is 19.9 Å². The number of rotatable bonds is 7. The van der Waals surface area contributed by atoms with Crippen LogP contribution in [0, 0.1) is 25.2 Å². The van der Waals surface area contributed by atoms with Crippen LogP contribution in [0.2, 0.25) is 0 Å². The molecule has 1 aromatic heterocycles. The highest BCUT2D eigenvalue weighted by molar-refractivity contribution is 5.56. The molecule has 19 heavy (non-hydrogen) atoms. The Kier molecular flexibility index (Phi) is 6.31. The van der Waals surface area contributed by atoms with Gasteiger partial charge in [0, 0.05) is 12.2 Å². The Labute approximate surface area is 116 Å². The molecule has 104 valence electrons. The van der Waals surface area contributed by atoms with Gasteiger partial charge in [0.15, 0.2) is 0 Å². The fraction of sp³-hybridized carbons (Fsp3) is 0.600. The molecule has 1 rings (SSSR count). The van der Waals surface area contributed by atoms with E-state index >= 15 is 0 Å². The van der Waals surface area contributed by atoms with Crippen LogP contribution in [0.25, 0.3) is 0 Å². The van der Waals surface area contributed by atoms with Crippen LogP contribution >= 0.6 is 0 Å². The van der Waals surface area contributed by atoms with Crippen molar-refractivity contribution in [3.63, 3.8) is 0 Å². The van der Waals surface area contributed by atoms with Crippen molar-refractivity contribution in [3.05, 3.63) is 22.9 Å². The molecule has 4 heteroatoms. The minimum Gasteiger partial charge on any atom is -0.369 e. The van der Waals surface area contributed by atoms with E-state index in [2.05, 4.69) is 35.1 Å². The number of nitriles is 1. The highest BCUT2D eigenvalue weighted by atomic mass is 15.1. The maximum Gasteiger partial charge on any atom is 0.144 e. The Balaban J connectivity index is 2.56. The average molecular weight is 260 g/mol. The molecule has 0 fully saturated rings. The van der Waals surface area contributed by atoms with Gasteiger partial charge in [-0.05, 0) is 51.5 Å². The molecule has 0 aliphatic carbocycles. The molecular formula is C15H24N4. The molecule has 1 aromatic rings. The van der Waals surface area contributed by atoms with Crippen LogP contribution in [-0.2, 0) is 0 Å². The van der Waals surface area contributed by atoms with Gasteiger partial charge < -0.3 is 10.2 Å². The van der Waals surface area contributed by atoms with Crippen molar-refractivity contribution < 1.29 is 0 Å². The van der Waals surface area contributed by atoms with E-state index in [-0.39, 0.29) is 0 Å². The second kappa shape index (κ2) is 7.75. The van der Waals surface area contributed by atoms with Gasteiger partial charge in [0.25, 0.3) is 0 Å². The Morgan fingerprint density at radius 2 is 2.00 bits per heavy atom. The summed E-state index contributed by atoms with van der Waals surface area (Å²) in [6.07, 6.45) is 1.06. The third-order valence-corrected chi connectivity index (χ3v) is 3.29. The maximum atomic E-state index is 9.17. The highest BCUT2D eigenvalue weighted by Gasteiger charge is 2.07. The average Bonchev–Trinajstić information content (AvgIpc) is 2.38. The standard InChI is InChI=1S/C15H24N4/c1-5-19(6-2)9-7-8-17-15-14(11-16)12(3)10-13(4)18-15/h10H,5-9H2,1-4H3,(H,17,18). The van der Waals surface area contributed by atoms with Gasteiger partial charge in [0.2, 0.25) is 0 Å². The van der Waals surface area contributed by atoms with E-state index in [4.69, 9.17) is 0 Å². The third kappa shape index (κ3) is 4.53. The topological polar surface area (TPSA) is 52.0 Å². The molecule has 0 bridgehead atoms. The summed E-state index contributed by atoms with van der Waals surface area (Å²) in [5.74, 6) is 0.722. The summed E-state index contributed by atoms with van der Waals surface area (Å²) in [5, 5.41) is 12.5. The second-order valence-corrected chi connectivity index (χ2v) is 4.72. The van der Waals surface area contributed by atoms with Crippen LogP contribution in [0.5, 0.6) is 0 Å². The Bertz CT molecular complexity index is 444. The predicted octanol–water partition coefficient (Wildman–Crippen LogP) is 2.71. The first-order valence-electron chi connectivity index (χ1n) is 6.96. The summed E-state index contributed by atoms with van der Waals surface area (Å²) in [4.78, 5) is 6.81. The summed E-state index contributed by atoms with van der Waals surface area (Å²) < 4.78 is 0. The molecule has 1 N–H and O–H groups in total. The highest BCUT2D eigenvalue weighted by Crippen LogP contribution is 2.17. The molecule has 0 atom stereocenters. The first-order valence-corrected chi connectivity index (χ1v) is 6.96. The van der Waals surface area contributed by atoms with Crippen molar-refractivity contribution in [1.82, 2.24) is 9.88 Å². The zero-order valence-electron chi connectivity index (χ0n) is 12.5. The summed E-state index contributed by atoms with van der Waals surface area (Å²) in [5.41, 5.74) is 2.59. The molecule has 0 radical (unpaired) electrons. The quantitative estimate of drug-likeness (QED) is 0.766. The molecule has 0 aliphatic rings. The van der Waals surface area contributed by atoms with Gasteiger partial charge in [-0.1, -0.05) is 13.8 Å². The molecule has 0 saturated carbocycles.